The van der Waals surface area contributed by atoms with Gasteiger partial charge in [-0.2, -0.15) is 5.10 Å². The van der Waals surface area contributed by atoms with Gasteiger partial charge in [-0.05, 0) is 44.2 Å². The Morgan fingerprint density at radius 2 is 1.87 bits per heavy atom. The second kappa shape index (κ2) is 7.94. The summed E-state index contributed by atoms with van der Waals surface area (Å²) in [5.41, 5.74) is 5.85. The highest BCUT2D eigenvalue weighted by molar-refractivity contribution is 5.94. The Labute approximate surface area is 180 Å². The minimum absolute atomic E-state index is 0.00164. The largest absolute Gasteiger partial charge is 0.354 e. The number of H-pyrrole nitrogens is 1. The number of amides is 2. The molecule has 2 aliphatic rings. The maximum absolute atomic E-state index is 13.2. The van der Waals surface area contributed by atoms with E-state index in [2.05, 4.69) is 25.5 Å². The Kier molecular flexibility index (Phi) is 4.97. The van der Waals surface area contributed by atoms with Crippen LogP contribution in [0.2, 0.25) is 0 Å². The van der Waals surface area contributed by atoms with E-state index in [1.807, 2.05) is 23.1 Å². The van der Waals surface area contributed by atoms with E-state index in [0.717, 1.165) is 66.7 Å². The molecule has 1 saturated heterocycles. The Balaban J connectivity index is 1.35. The number of pyridine rings is 2. The van der Waals surface area contributed by atoms with Crippen LogP contribution in [0.1, 0.15) is 63.2 Å². The zero-order valence-corrected chi connectivity index (χ0v) is 17.4. The molecule has 0 aromatic carbocycles. The molecule has 0 spiro atoms. The van der Waals surface area contributed by atoms with Crippen molar-refractivity contribution in [2.75, 3.05) is 13.6 Å². The van der Waals surface area contributed by atoms with Gasteiger partial charge in [0.05, 0.1) is 11.7 Å². The second-order valence-electron chi connectivity index (χ2n) is 8.02. The van der Waals surface area contributed by atoms with E-state index >= 15 is 0 Å². The Hall–Kier alpha value is -3.55. The summed E-state index contributed by atoms with van der Waals surface area (Å²) < 4.78 is 0. The predicted molar refractivity (Wildman–Crippen MR) is 114 cm³/mol. The molecule has 3 aromatic rings. The van der Waals surface area contributed by atoms with Gasteiger partial charge in [0, 0.05) is 48.4 Å². The summed E-state index contributed by atoms with van der Waals surface area (Å²) in [6.07, 6.45) is 8.30. The smallest absolute Gasteiger partial charge is 0.275 e. The van der Waals surface area contributed by atoms with Gasteiger partial charge in [-0.15, -0.1) is 0 Å². The average molecular weight is 416 g/mol. The maximum Gasteiger partial charge on any atom is 0.275 e. The number of aromatic amines is 1. The molecule has 4 heterocycles. The van der Waals surface area contributed by atoms with Crippen molar-refractivity contribution in [3.8, 4) is 11.1 Å². The van der Waals surface area contributed by atoms with Gasteiger partial charge in [0.25, 0.3) is 11.8 Å². The van der Waals surface area contributed by atoms with Gasteiger partial charge in [0.2, 0.25) is 0 Å². The van der Waals surface area contributed by atoms with E-state index in [-0.39, 0.29) is 17.9 Å². The maximum atomic E-state index is 13.2. The number of fused-ring (bicyclic) bond motifs is 1. The molecule has 1 atom stereocenters. The van der Waals surface area contributed by atoms with Crippen LogP contribution in [-0.2, 0) is 12.8 Å². The zero-order valence-electron chi connectivity index (χ0n) is 17.4. The number of hydrogen-bond donors (Lipinski definition) is 2. The zero-order chi connectivity index (χ0) is 21.4. The van der Waals surface area contributed by atoms with Crippen LogP contribution in [0.25, 0.3) is 11.1 Å². The van der Waals surface area contributed by atoms with Crippen molar-refractivity contribution < 1.29 is 9.59 Å². The lowest BCUT2D eigenvalue weighted by atomic mass is 10.1. The monoisotopic (exact) mass is 416 g/mol. The van der Waals surface area contributed by atoms with Crippen LogP contribution in [0, 0.1) is 0 Å². The van der Waals surface area contributed by atoms with Crippen molar-refractivity contribution in [2.45, 2.75) is 38.1 Å². The van der Waals surface area contributed by atoms with Crippen molar-refractivity contribution in [1.82, 2.24) is 30.4 Å². The molecule has 5 rings (SSSR count). The van der Waals surface area contributed by atoms with E-state index in [9.17, 15) is 9.59 Å². The third kappa shape index (κ3) is 3.48. The van der Waals surface area contributed by atoms with Crippen LogP contribution in [0.15, 0.2) is 36.7 Å². The topological polar surface area (TPSA) is 104 Å². The van der Waals surface area contributed by atoms with Crippen molar-refractivity contribution >= 4 is 11.8 Å². The molecule has 1 aliphatic carbocycles. The normalized spacial score (nSPS) is 17.6. The number of likely N-dealkylation sites (tertiary alicyclic amines) is 1. The number of nitrogens with zero attached hydrogens (tertiary/aromatic N) is 4. The summed E-state index contributed by atoms with van der Waals surface area (Å²) in [4.78, 5) is 35.7. The molecule has 0 saturated carbocycles. The fraction of sp³-hybridized carbons (Fsp3) is 0.348. The van der Waals surface area contributed by atoms with Crippen LogP contribution in [0.3, 0.4) is 0 Å². The molecule has 3 aromatic heterocycles. The Morgan fingerprint density at radius 3 is 2.58 bits per heavy atom. The van der Waals surface area contributed by atoms with Crippen LogP contribution in [0.4, 0.5) is 0 Å². The van der Waals surface area contributed by atoms with E-state index in [4.69, 9.17) is 0 Å². The molecule has 0 bridgehead atoms. The minimum atomic E-state index is -0.214. The lowest BCUT2D eigenvalue weighted by Crippen LogP contribution is -2.31. The summed E-state index contributed by atoms with van der Waals surface area (Å²) in [6.45, 7) is 0.722. The Bertz CT molecular complexity index is 1120. The molecule has 8 nitrogen and oxygen atoms in total. The number of aromatic nitrogens is 4. The summed E-state index contributed by atoms with van der Waals surface area (Å²) in [5, 5.41) is 9.92. The summed E-state index contributed by atoms with van der Waals surface area (Å²) in [6, 6.07) is 7.49. The number of aryl methyl sites for hydroxylation is 1. The first-order valence-corrected chi connectivity index (χ1v) is 10.7. The average Bonchev–Trinajstić information content (AvgIpc) is 3.55. The van der Waals surface area contributed by atoms with E-state index in [0.29, 0.717) is 11.4 Å². The minimum Gasteiger partial charge on any atom is -0.354 e. The third-order valence-electron chi connectivity index (χ3n) is 6.21. The first kappa shape index (κ1) is 19.4. The van der Waals surface area contributed by atoms with Gasteiger partial charge in [0.15, 0.2) is 5.69 Å². The molecule has 1 aliphatic heterocycles. The number of carbonyl (C=O) groups excluding carboxylic acids is 2. The van der Waals surface area contributed by atoms with Gasteiger partial charge in [-0.25, -0.2) is 0 Å². The standard InChI is InChI=1S/C23H24N6O2/c1-24-22(30)19-10-8-15(13-26-19)14-7-9-18(25-12-14)20-6-3-11-29(20)23(31)21-16-4-2-5-17(16)27-28-21/h7-10,12-13,20H,2-6,11H2,1H3,(H,24,30)(H,27,28)/t20-/m1/s1. The molecule has 8 heteroatoms. The van der Waals surface area contributed by atoms with Gasteiger partial charge < -0.3 is 10.2 Å². The lowest BCUT2D eigenvalue weighted by Gasteiger charge is -2.24. The molecule has 0 unspecified atom stereocenters. The van der Waals surface area contributed by atoms with Gasteiger partial charge in [-0.3, -0.25) is 24.7 Å². The van der Waals surface area contributed by atoms with Crippen LogP contribution >= 0.6 is 0 Å². The number of hydrogen-bond acceptors (Lipinski definition) is 5. The van der Waals surface area contributed by atoms with Gasteiger partial charge >= 0.3 is 0 Å². The molecular weight excluding hydrogens is 392 g/mol. The lowest BCUT2D eigenvalue weighted by molar-refractivity contribution is 0.0725. The number of carbonyl (C=O) groups is 2. The molecule has 2 amide bonds. The fourth-order valence-corrected chi connectivity index (χ4v) is 4.55. The fourth-order valence-electron chi connectivity index (χ4n) is 4.55. The number of rotatable bonds is 4. The van der Waals surface area contributed by atoms with Crippen molar-refractivity contribution in [3.05, 3.63) is 65.0 Å². The molecular formula is C23H24N6O2. The van der Waals surface area contributed by atoms with E-state index < -0.39 is 0 Å². The van der Waals surface area contributed by atoms with Crippen LogP contribution in [-0.4, -0.2) is 50.5 Å². The number of nitrogens with one attached hydrogen (secondary N) is 2. The van der Waals surface area contributed by atoms with Crippen molar-refractivity contribution in [1.29, 1.82) is 0 Å². The van der Waals surface area contributed by atoms with E-state index in [1.165, 1.54) is 0 Å². The highest BCUT2D eigenvalue weighted by atomic mass is 16.2. The SMILES string of the molecule is CNC(=O)c1ccc(-c2ccc([C@H]3CCCN3C(=O)c3n[nH]c4c3CCC4)nc2)cn1. The summed E-state index contributed by atoms with van der Waals surface area (Å²) in [7, 11) is 1.58. The van der Waals surface area contributed by atoms with Gasteiger partial charge in [-0.1, -0.05) is 12.1 Å². The van der Waals surface area contributed by atoms with E-state index in [1.54, 1.807) is 25.5 Å². The predicted octanol–water partition coefficient (Wildman–Crippen LogP) is 2.69. The Morgan fingerprint density at radius 1 is 1.06 bits per heavy atom. The van der Waals surface area contributed by atoms with Crippen LogP contribution in [0.5, 0.6) is 0 Å². The molecule has 1 fully saturated rings. The van der Waals surface area contributed by atoms with Gasteiger partial charge in [0.1, 0.15) is 5.69 Å². The summed E-state index contributed by atoms with van der Waals surface area (Å²) in [5.74, 6) is -0.213. The third-order valence-corrected chi connectivity index (χ3v) is 6.21. The first-order valence-electron chi connectivity index (χ1n) is 10.7. The summed E-state index contributed by atoms with van der Waals surface area (Å²) >= 11 is 0. The van der Waals surface area contributed by atoms with Crippen molar-refractivity contribution in [2.24, 2.45) is 0 Å². The van der Waals surface area contributed by atoms with Crippen LogP contribution < -0.4 is 5.32 Å². The highest BCUT2D eigenvalue weighted by Crippen LogP contribution is 2.34. The highest BCUT2D eigenvalue weighted by Gasteiger charge is 2.34. The molecule has 31 heavy (non-hydrogen) atoms. The molecule has 158 valence electrons. The molecule has 0 radical (unpaired) electrons. The second-order valence-corrected chi connectivity index (χ2v) is 8.02. The first-order chi connectivity index (χ1) is 15.2. The quantitative estimate of drug-likeness (QED) is 0.681. The van der Waals surface area contributed by atoms with Crippen molar-refractivity contribution in [3.63, 3.8) is 0 Å². The molecule has 2 N–H and O–H groups in total.